The summed E-state index contributed by atoms with van der Waals surface area (Å²) in [6.07, 6.45) is -2.31. The van der Waals surface area contributed by atoms with Gasteiger partial charge in [-0.05, 0) is 48.1 Å². The molecule has 1 fully saturated rings. The van der Waals surface area contributed by atoms with Crippen LogP contribution in [0.25, 0.3) is 10.9 Å². The molecule has 1 aliphatic rings. The van der Waals surface area contributed by atoms with Gasteiger partial charge in [-0.3, -0.25) is 4.98 Å². The van der Waals surface area contributed by atoms with Gasteiger partial charge in [-0.2, -0.15) is 23.7 Å². The third-order valence-corrected chi connectivity index (χ3v) is 7.24. The van der Waals surface area contributed by atoms with Crippen molar-refractivity contribution in [3.05, 3.63) is 77.0 Å². The second kappa shape index (κ2) is 10.0. The maximum Gasteiger partial charge on any atom is 0.413 e. The Morgan fingerprint density at radius 1 is 1.05 bits per heavy atom. The van der Waals surface area contributed by atoms with Crippen LogP contribution in [-0.4, -0.2) is 40.5 Å². The number of aromatic nitrogens is 4. The van der Waals surface area contributed by atoms with Crippen molar-refractivity contribution in [3.8, 4) is 12.1 Å². The van der Waals surface area contributed by atoms with Crippen LogP contribution in [0.15, 0.2) is 48.8 Å². The number of alkyl halides is 3. The molecule has 0 amide bonds. The summed E-state index contributed by atoms with van der Waals surface area (Å²) in [6, 6.07) is 12.5. The summed E-state index contributed by atoms with van der Waals surface area (Å²) in [5.74, 6) is -0.541. The second-order valence-electron chi connectivity index (χ2n) is 11.6. The SMILES string of the molecule is [B]C(Nc1cc(C#N)c2ncc(C#N)c(NCC(C)(C)C)c2c1)(c1ccc(F)cc1)c1cn(C2(C(F)(F)F)CC2)nn1. The highest BCUT2D eigenvalue weighted by Crippen LogP contribution is 2.55. The molecule has 0 bridgehead atoms. The van der Waals surface area contributed by atoms with Gasteiger partial charge < -0.3 is 10.6 Å². The molecule has 13 heteroatoms. The molecule has 8 nitrogen and oxygen atoms in total. The first-order valence-corrected chi connectivity index (χ1v) is 13.0. The van der Waals surface area contributed by atoms with Gasteiger partial charge in [0.25, 0.3) is 0 Å². The van der Waals surface area contributed by atoms with Crippen LogP contribution >= 0.6 is 0 Å². The first-order valence-electron chi connectivity index (χ1n) is 13.0. The fourth-order valence-corrected chi connectivity index (χ4v) is 4.73. The van der Waals surface area contributed by atoms with Crippen LogP contribution < -0.4 is 10.6 Å². The van der Waals surface area contributed by atoms with E-state index in [2.05, 4.69) is 38.1 Å². The summed E-state index contributed by atoms with van der Waals surface area (Å²) in [4.78, 5) is 4.33. The van der Waals surface area contributed by atoms with E-state index in [-0.39, 0.29) is 46.3 Å². The van der Waals surface area contributed by atoms with Gasteiger partial charge >= 0.3 is 6.18 Å². The number of anilines is 2. The number of nitriles is 2. The largest absolute Gasteiger partial charge is 0.413 e. The monoisotopic (exact) mass is 572 g/mol. The number of rotatable bonds is 7. The molecule has 2 N–H and O–H groups in total. The number of fused-ring (bicyclic) bond motifs is 1. The third kappa shape index (κ3) is 5.11. The summed E-state index contributed by atoms with van der Waals surface area (Å²) in [5, 5.41) is 34.4. The van der Waals surface area contributed by atoms with E-state index in [1.807, 2.05) is 20.8 Å². The summed E-state index contributed by atoms with van der Waals surface area (Å²) in [6.45, 7) is 6.56. The second-order valence-corrected chi connectivity index (χ2v) is 11.6. The standard InChI is InChI=1S/C29H25BF4N8/c1-26(2,3)16-38-25-18(13-36)14-37-24-17(12-35)10-21(11-22(24)25)39-28(30,19-4-6-20(31)7-5-19)23-15-42(41-40-23)27(8-9-27)29(32,33)34/h4-7,10-11,14-15,39H,8-9,16H2,1-3H3,(H,37,38). The van der Waals surface area contributed by atoms with Crippen molar-refractivity contribution in [3.63, 3.8) is 0 Å². The first-order chi connectivity index (χ1) is 19.7. The average molecular weight is 572 g/mol. The van der Waals surface area contributed by atoms with Gasteiger partial charge in [0, 0.05) is 23.8 Å². The van der Waals surface area contributed by atoms with Gasteiger partial charge in [0.2, 0.25) is 0 Å². The van der Waals surface area contributed by atoms with Crippen LogP contribution in [0.3, 0.4) is 0 Å². The molecule has 0 saturated heterocycles. The molecular weight excluding hydrogens is 547 g/mol. The quantitative estimate of drug-likeness (QED) is 0.216. The molecule has 2 heterocycles. The normalized spacial score (nSPS) is 15.8. The molecule has 0 aliphatic heterocycles. The highest BCUT2D eigenvalue weighted by molar-refractivity contribution is 6.19. The molecule has 1 unspecified atom stereocenters. The molecule has 5 rings (SSSR count). The first kappa shape index (κ1) is 28.9. The molecule has 1 aliphatic carbocycles. The summed E-state index contributed by atoms with van der Waals surface area (Å²) in [7, 11) is 6.86. The van der Waals surface area contributed by atoms with E-state index in [0.29, 0.717) is 23.1 Å². The number of pyridine rings is 1. The number of nitrogens with one attached hydrogen (secondary N) is 2. The van der Waals surface area contributed by atoms with Crippen molar-refractivity contribution >= 4 is 30.1 Å². The lowest BCUT2D eigenvalue weighted by Crippen LogP contribution is -2.38. The predicted octanol–water partition coefficient (Wildman–Crippen LogP) is 5.70. The Labute approximate surface area is 240 Å². The van der Waals surface area contributed by atoms with Gasteiger partial charge in [0.05, 0.1) is 34.0 Å². The lowest BCUT2D eigenvalue weighted by Gasteiger charge is -2.32. The topological polar surface area (TPSA) is 115 Å². The predicted molar refractivity (Wildman–Crippen MR) is 149 cm³/mol. The number of halogens is 4. The highest BCUT2D eigenvalue weighted by Gasteiger charge is 2.66. The van der Waals surface area contributed by atoms with Gasteiger partial charge in [-0.1, -0.05) is 38.1 Å². The maximum absolute atomic E-state index is 13.9. The fraction of sp³-hybridized carbons (Fsp3) is 0.345. The van der Waals surface area contributed by atoms with Gasteiger partial charge in [-0.25, -0.2) is 9.07 Å². The number of benzene rings is 2. The maximum atomic E-state index is 13.9. The van der Waals surface area contributed by atoms with E-state index < -0.39 is 23.0 Å². The summed E-state index contributed by atoms with van der Waals surface area (Å²) < 4.78 is 56.1. The number of hydrogen-bond donors (Lipinski definition) is 2. The van der Waals surface area contributed by atoms with Gasteiger partial charge in [0.1, 0.15) is 31.5 Å². The van der Waals surface area contributed by atoms with E-state index in [1.165, 1.54) is 36.5 Å². The summed E-state index contributed by atoms with van der Waals surface area (Å²) in [5.41, 5.74) is -2.37. The van der Waals surface area contributed by atoms with E-state index in [9.17, 15) is 28.1 Å². The van der Waals surface area contributed by atoms with Crippen LogP contribution in [0.5, 0.6) is 0 Å². The van der Waals surface area contributed by atoms with Crippen molar-refractivity contribution in [2.24, 2.45) is 5.41 Å². The molecule has 1 saturated carbocycles. The van der Waals surface area contributed by atoms with E-state index in [1.54, 1.807) is 6.07 Å². The zero-order valence-corrected chi connectivity index (χ0v) is 23.0. The minimum atomic E-state index is -4.54. The van der Waals surface area contributed by atoms with Crippen LogP contribution in [-0.2, 0) is 11.0 Å². The lowest BCUT2D eigenvalue weighted by atomic mass is 9.69. The van der Waals surface area contributed by atoms with Crippen LogP contribution in [0.2, 0.25) is 0 Å². The zero-order chi connectivity index (χ0) is 30.5. The van der Waals surface area contributed by atoms with Crippen LogP contribution in [0.1, 0.15) is 56.0 Å². The van der Waals surface area contributed by atoms with Crippen LogP contribution in [0.4, 0.5) is 28.9 Å². The van der Waals surface area contributed by atoms with E-state index in [4.69, 9.17) is 7.85 Å². The molecule has 212 valence electrons. The Hall–Kier alpha value is -4.65. The molecule has 2 aromatic carbocycles. The minimum Gasteiger partial charge on any atom is -0.383 e. The Bertz CT molecular complexity index is 1740. The molecule has 0 spiro atoms. The third-order valence-electron chi connectivity index (χ3n) is 7.24. The van der Waals surface area contributed by atoms with Crippen molar-refractivity contribution in [1.29, 1.82) is 10.5 Å². The molecule has 4 aromatic rings. The smallest absolute Gasteiger partial charge is 0.383 e. The van der Waals surface area contributed by atoms with Crippen molar-refractivity contribution in [2.45, 2.75) is 50.8 Å². The summed E-state index contributed by atoms with van der Waals surface area (Å²) >= 11 is 0. The minimum absolute atomic E-state index is 0.0572. The number of nitrogens with zero attached hydrogens (tertiary/aromatic N) is 6. The average Bonchev–Trinajstić information content (AvgIpc) is 3.61. The van der Waals surface area contributed by atoms with Crippen molar-refractivity contribution < 1.29 is 17.6 Å². The Kier molecular flexibility index (Phi) is 6.88. The molecule has 2 radical (unpaired) electrons. The van der Waals surface area contributed by atoms with Crippen LogP contribution in [0, 0.1) is 33.9 Å². The van der Waals surface area contributed by atoms with Gasteiger partial charge in [0.15, 0.2) is 5.54 Å². The number of hydrogen-bond acceptors (Lipinski definition) is 7. The molecular formula is C29H25BF4N8. The lowest BCUT2D eigenvalue weighted by molar-refractivity contribution is -0.182. The highest BCUT2D eigenvalue weighted by atomic mass is 19.4. The Morgan fingerprint density at radius 3 is 2.29 bits per heavy atom. The van der Waals surface area contributed by atoms with Crippen molar-refractivity contribution in [2.75, 3.05) is 17.2 Å². The Balaban J connectivity index is 1.66. The fourth-order valence-electron chi connectivity index (χ4n) is 4.73. The van der Waals surface area contributed by atoms with Crippen molar-refractivity contribution in [1.82, 2.24) is 20.0 Å². The molecule has 42 heavy (non-hydrogen) atoms. The molecule has 1 atom stereocenters. The van der Waals surface area contributed by atoms with E-state index in [0.717, 1.165) is 10.9 Å². The Morgan fingerprint density at radius 2 is 1.71 bits per heavy atom. The zero-order valence-electron chi connectivity index (χ0n) is 23.0. The molecule has 2 aromatic heterocycles. The van der Waals surface area contributed by atoms with Gasteiger partial charge in [-0.15, -0.1) is 5.10 Å². The van der Waals surface area contributed by atoms with E-state index >= 15 is 0 Å².